The van der Waals surface area contributed by atoms with E-state index in [9.17, 15) is 18.0 Å². The molecule has 0 radical (unpaired) electrons. The van der Waals surface area contributed by atoms with Gasteiger partial charge in [-0.2, -0.15) is 0 Å². The van der Waals surface area contributed by atoms with Crippen LogP contribution in [0.3, 0.4) is 0 Å². The molecule has 8 heteroatoms. The average Bonchev–Trinajstić information content (AvgIpc) is 2.63. The van der Waals surface area contributed by atoms with Crippen LogP contribution in [-0.2, 0) is 11.2 Å². The Hall–Kier alpha value is -2.61. The topological polar surface area (TPSA) is 35.6 Å². The Morgan fingerprint density at radius 2 is 1.89 bits per heavy atom. The van der Waals surface area contributed by atoms with Gasteiger partial charge in [0.2, 0.25) is 5.91 Å². The molecule has 1 N–H and O–H groups in total. The number of nitrogens with one attached hydrogen (secondary N) is 1. The summed E-state index contributed by atoms with van der Waals surface area (Å²) in [6.07, 6.45) is 0.800. The van der Waals surface area contributed by atoms with Crippen LogP contribution in [0, 0.1) is 24.4 Å². The van der Waals surface area contributed by atoms with Gasteiger partial charge in [-0.05, 0) is 36.7 Å². The van der Waals surface area contributed by atoms with Crippen LogP contribution in [0.25, 0.3) is 0 Å². The first-order valence-corrected chi connectivity index (χ1v) is 9.33. The van der Waals surface area contributed by atoms with Crippen LogP contribution in [0.1, 0.15) is 22.7 Å². The normalized spacial score (nSPS) is 18.6. The van der Waals surface area contributed by atoms with Crippen molar-refractivity contribution in [1.82, 2.24) is 9.80 Å². The lowest BCUT2D eigenvalue weighted by Crippen LogP contribution is -2.56. The fourth-order valence-corrected chi connectivity index (χ4v) is 4.11. The highest BCUT2D eigenvalue weighted by Crippen LogP contribution is 2.34. The van der Waals surface area contributed by atoms with E-state index >= 15 is 0 Å². The number of amides is 1. The second kappa shape index (κ2) is 7.09. The van der Waals surface area contributed by atoms with Gasteiger partial charge >= 0.3 is 0 Å². The van der Waals surface area contributed by atoms with Crippen molar-refractivity contribution in [2.24, 2.45) is 0 Å². The third kappa shape index (κ3) is 3.32. The fraction of sp³-hybridized carbons (Fsp3) is 0.300. The molecule has 2 aliphatic rings. The Morgan fingerprint density at radius 1 is 1.18 bits per heavy atom. The summed E-state index contributed by atoms with van der Waals surface area (Å²) in [6, 6.07) is 7.14. The summed E-state index contributed by atoms with van der Waals surface area (Å²) < 4.78 is 41.0. The molecule has 1 fully saturated rings. The summed E-state index contributed by atoms with van der Waals surface area (Å²) in [5, 5.41) is 2.52. The van der Waals surface area contributed by atoms with Crippen LogP contribution in [0.2, 0.25) is 0 Å². The number of aryl methyl sites for hydroxylation is 1. The number of carbonyl (C=O) groups is 1. The van der Waals surface area contributed by atoms with Crippen molar-refractivity contribution in [3.05, 3.63) is 64.5 Å². The molecule has 0 bridgehead atoms. The molecule has 146 valence electrons. The number of anilines is 1. The number of thiocarbonyl (C=S) groups is 1. The molecule has 4 nitrogen and oxygen atoms in total. The zero-order chi connectivity index (χ0) is 20.0. The Balaban J connectivity index is 1.58. The third-order valence-corrected chi connectivity index (χ3v) is 5.58. The first-order chi connectivity index (χ1) is 13.3. The summed E-state index contributed by atoms with van der Waals surface area (Å²) in [6.45, 7) is 3.09. The highest BCUT2D eigenvalue weighted by molar-refractivity contribution is 7.80. The van der Waals surface area contributed by atoms with E-state index in [0.717, 1.165) is 17.5 Å². The number of carbonyl (C=O) groups excluding carboxylic acids is 1. The van der Waals surface area contributed by atoms with Crippen molar-refractivity contribution in [2.75, 3.05) is 25.0 Å². The summed E-state index contributed by atoms with van der Waals surface area (Å²) >= 11 is 5.29. The average molecular weight is 405 g/mol. The van der Waals surface area contributed by atoms with Crippen LogP contribution >= 0.6 is 12.2 Å². The lowest BCUT2D eigenvalue weighted by molar-refractivity contribution is -0.138. The Kier molecular flexibility index (Phi) is 4.74. The number of hydrogen-bond donors (Lipinski definition) is 1. The van der Waals surface area contributed by atoms with E-state index in [-0.39, 0.29) is 23.6 Å². The first-order valence-electron chi connectivity index (χ1n) is 8.93. The van der Waals surface area contributed by atoms with E-state index in [1.807, 2.05) is 24.0 Å². The third-order valence-electron chi connectivity index (χ3n) is 5.22. The summed E-state index contributed by atoms with van der Waals surface area (Å²) in [5.74, 6) is -3.26. The standard InChI is InChI=1S/C20H18F3N3OS/c1-11-2-3-14-12(6-11)4-5-26-17(14)9-25(10-18(26)27)20(28)24-19-15(22)7-13(21)8-16(19)23/h2-3,6-8,17H,4-5,9-10H2,1H3,(H,24,28)/t17-/m0/s1. The van der Waals surface area contributed by atoms with Crippen molar-refractivity contribution in [3.63, 3.8) is 0 Å². The maximum atomic E-state index is 13.9. The molecular formula is C20H18F3N3OS. The predicted molar refractivity (Wildman–Crippen MR) is 103 cm³/mol. The monoisotopic (exact) mass is 405 g/mol. The highest BCUT2D eigenvalue weighted by Gasteiger charge is 2.37. The van der Waals surface area contributed by atoms with Crippen LogP contribution < -0.4 is 5.32 Å². The number of hydrogen-bond acceptors (Lipinski definition) is 2. The molecule has 0 unspecified atom stereocenters. The summed E-state index contributed by atoms with van der Waals surface area (Å²) in [7, 11) is 0. The maximum Gasteiger partial charge on any atom is 0.242 e. The van der Waals surface area contributed by atoms with E-state index in [2.05, 4.69) is 11.4 Å². The number of halogens is 3. The van der Waals surface area contributed by atoms with Crippen molar-refractivity contribution >= 4 is 28.9 Å². The molecule has 1 amide bonds. The largest absolute Gasteiger partial charge is 0.337 e. The van der Waals surface area contributed by atoms with Crippen molar-refractivity contribution < 1.29 is 18.0 Å². The molecule has 0 aromatic heterocycles. The fourth-order valence-electron chi connectivity index (χ4n) is 3.87. The number of piperazine rings is 1. The second-order valence-electron chi connectivity index (χ2n) is 7.11. The smallest absolute Gasteiger partial charge is 0.242 e. The van der Waals surface area contributed by atoms with Gasteiger partial charge in [0.05, 0.1) is 12.6 Å². The molecule has 2 aromatic rings. The van der Waals surface area contributed by atoms with E-state index in [0.29, 0.717) is 25.2 Å². The van der Waals surface area contributed by atoms with Crippen LogP contribution in [0.5, 0.6) is 0 Å². The van der Waals surface area contributed by atoms with E-state index < -0.39 is 23.1 Å². The van der Waals surface area contributed by atoms with Gasteiger partial charge in [0.25, 0.3) is 0 Å². The molecule has 1 saturated heterocycles. The van der Waals surface area contributed by atoms with Crippen LogP contribution in [0.15, 0.2) is 30.3 Å². The highest BCUT2D eigenvalue weighted by atomic mass is 32.1. The van der Waals surface area contributed by atoms with Gasteiger partial charge in [-0.25, -0.2) is 13.2 Å². The molecule has 4 rings (SSSR count). The minimum Gasteiger partial charge on any atom is -0.337 e. The van der Waals surface area contributed by atoms with Gasteiger partial charge in [-0.1, -0.05) is 23.8 Å². The number of rotatable bonds is 1. The molecule has 2 aliphatic heterocycles. The zero-order valence-corrected chi connectivity index (χ0v) is 16.0. The van der Waals surface area contributed by atoms with E-state index in [4.69, 9.17) is 12.2 Å². The lowest BCUT2D eigenvalue weighted by atomic mass is 9.89. The Morgan fingerprint density at radius 3 is 2.61 bits per heavy atom. The Bertz CT molecular complexity index is 958. The quantitative estimate of drug-likeness (QED) is 0.736. The van der Waals surface area contributed by atoms with Crippen molar-refractivity contribution in [2.45, 2.75) is 19.4 Å². The van der Waals surface area contributed by atoms with Gasteiger partial charge in [0.1, 0.15) is 11.5 Å². The number of fused-ring (bicyclic) bond motifs is 3. The van der Waals surface area contributed by atoms with Crippen LogP contribution in [0.4, 0.5) is 18.9 Å². The SMILES string of the molecule is Cc1ccc2c(c1)CCN1C(=O)CN(C(=S)Nc3c(F)cc(F)cc3F)C[C@@H]21. The van der Waals surface area contributed by atoms with E-state index in [1.165, 1.54) is 5.56 Å². The molecule has 2 heterocycles. The van der Waals surface area contributed by atoms with Crippen LogP contribution in [-0.4, -0.2) is 40.5 Å². The van der Waals surface area contributed by atoms with Gasteiger partial charge in [-0.15, -0.1) is 0 Å². The molecular weight excluding hydrogens is 387 g/mol. The maximum absolute atomic E-state index is 13.9. The summed E-state index contributed by atoms with van der Waals surface area (Å²) in [5.41, 5.74) is 2.90. The van der Waals surface area contributed by atoms with Crippen molar-refractivity contribution in [1.29, 1.82) is 0 Å². The van der Waals surface area contributed by atoms with Gasteiger partial charge in [0, 0.05) is 25.2 Å². The van der Waals surface area contributed by atoms with Gasteiger partial charge in [0.15, 0.2) is 16.7 Å². The second-order valence-corrected chi connectivity index (χ2v) is 7.50. The van der Waals surface area contributed by atoms with E-state index in [1.54, 1.807) is 4.90 Å². The lowest BCUT2D eigenvalue weighted by Gasteiger charge is -2.45. The van der Waals surface area contributed by atoms with Gasteiger partial charge in [-0.3, -0.25) is 4.79 Å². The minimum absolute atomic E-state index is 0.0218. The number of benzene rings is 2. The molecule has 1 atom stereocenters. The van der Waals surface area contributed by atoms with Gasteiger partial charge < -0.3 is 15.1 Å². The molecule has 0 aliphatic carbocycles. The predicted octanol–water partition coefficient (Wildman–Crippen LogP) is 3.55. The summed E-state index contributed by atoms with van der Waals surface area (Å²) in [4.78, 5) is 16.1. The Labute approximate surface area is 165 Å². The first kappa shape index (κ1) is 18.7. The van der Waals surface area contributed by atoms with Crippen molar-refractivity contribution in [3.8, 4) is 0 Å². The molecule has 28 heavy (non-hydrogen) atoms. The minimum atomic E-state index is -1.08. The molecule has 0 saturated carbocycles. The molecule has 2 aromatic carbocycles. The molecule has 0 spiro atoms. The number of nitrogens with zero attached hydrogens (tertiary/aromatic N) is 2. The zero-order valence-electron chi connectivity index (χ0n) is 15.1.